The Balaban J connectivity index is 1.92. The van der Waals surface area contributed by atoms with E-state index in [1.165, 1.54) is 6.42 Å². The van der Waals surface area contributed by atoms with Gasteiger partial charge < -0.3 is 10.2 Å². The van der Waals surface area contributed by atoms with Crippen LogP contribution >= 0.6 is 0 Å². The Bertz CT molecular complexity index is 525. The molecule has 1 fully saturated rings. The summed E-state index contributed by atoms with van der Waals surface area (Å²) in [4.78, 5) is 23.1. The number of carboxylic acids is 2. The molecule has 0 bridgehead atoms. The minimum atomic E-state index is -0.985. The average Bonchev–Trinajstić information content (AvgIpc) is 2.59. The van der Waals surface area contributed by atoms with Crippen LogP contribution in [0.4, 0.5) is 0 Å². The Labute approximate surface area is 143 Å². The molecular weight excluding hydrogens is 306 g/mol. The number of hydrogen-bond acceptors (Lipinski definition) is 3. The average molecular weight is 333 g/mol. The molecule has 1 aliphatic rings. The number of carbonyl (C=O) groups is 2. The van der Waals surface area contributed by atoms with Gasteiger partial charge in [-0.1, -0.05) is 62.4 Å². The predicted molar refractivity (Wildman–Crippen MR) is 91.9 cm³/mol. The largest absolute Gasteiger partial charge is 0.480 e. The van der Waals surface area contributed by atoms with E-state index in [0.717, 1.165) is 31.2 Å². The fourth-order valence-corrected chi connectivity index (χ4v) is 3.47. The van der Waals surface area contributed by atoms with Gasteiger partial charge in [-0.05, 0) is 30.7 Å². The number of hydrogen-bond donors (Lipinski definition) is 3. The van der Waals surface area contributed by atoms with Gasteiger partial charge in [0.05, 0.1) is 0 Å². The summed E-state index contributed by atoms with van der Waals surface area (Å²) in [7, 11) is 0. The molecule has 0 spiro atoms. The van der Waals surface area contributed by atoms with Crippen molar-refractivity contribution in [3.63, 3.8) is 0 Å². The van der Waals surface area contributed by atoms with E-state index >= 15 is 0 Å². The summed E-state index contributed by atoms with van der Waals surface area (Å²) in [6.07, 6.45) is 7.12. The summed E-state index contributed by atoms with van der Waals surface area (Å²) in [5.41, 5.74) is 1.06. The molecule has 2 rings (SSSR count). The number of aliphatic carboxylic acids is 2. The van der Waals surface area contributed by atoms with Gasteiger partial charge in [-0.2, -0.15) is 0 Å². The van der Waals surface area contributed by atoms with E-state index in [0.29, 0.717) is 25.2 Å². The van der Waals surface area contributed by atoms with Gasteiger partial charge in [-0.15, -0.1) is 0 Å². The van der Waals surface area contributed by atoms with Gasteiger partial charge >= 0.3 is 11.9 Å². The van der Waals surface area contributed by atoms with Gasteiger partial charge in [0.25, 0.3) is 0 Å². The van der Waals surface area contributed by atoms with Crippen molar-refractivity contribution in [2.45, 2.75) is 63.5 Å². The molecule has 2 atom stereocenters. The molecule has 0 radical (unpaired) electrons. The number of carboxylic acid groups (broad SMARTS) is 2. The van der Waals surface area contributed by atoms with E-state index in [2.05, 4.69) is 5.32 Å². The van der Waals surface area contributed by atoms with E-state index in [1.54, 1.807) is 0 Å². The summed E-state index contributed by atoms with van der Waals surface area (Å²) >= 11 is 0. The highest BCUT2D eigenvalue weighted by Crippen LogP contribution is 2.27. The van der Waals surface area contributed by atoms with Crippen molar-refractivity contribution in [3.05, 3.63) is 35.9 Å². The third-order valence-electron chi connectivity index (χ3n) is 4.86. The second-order valence-electron chi connectivity index (χ2n) is 6.71. The molecule has 1 aliphatic carbocycles. The van der Waals surface area contributed by atoms with Crippen molar-refractivity contribution in [3.8, 4) is 0 Å². The van der Waals surface area contributed by atoms with Crippen LogP contribution in [0.1, 0.15) is 50.5 Å². The second-order valence-corrected chi connectivity index (χ2v) is 6.71. The lowest BCUT2D eigenvalue weighted by Crippen LogP contribution is -2.48. The Morgan fingerprint density at radius 2 is 1.62 bits per heavy atom. The molecule has 0 saturated heterocycles. The van der Waals surface area contributed by atoms with Crippen molar-refractivity contribution in [1.29, 1.82) is 0 Å². The number of benzene rings is 1. The first-order chi connectivity index (χ1) is 11.6. The smallest absolute Gasteiger partial charge is 0.320 e. The summed E-state index contributed by atoms with van der Waals surface area (Å²) < 4.78 is 0. The first kappa shape index (κ1) is 18.5. The fourth-order valence-electron chi connectivity index (χ4n) is 3.47. The predicted octanol–water partition coefficient (Wildman–Crippen LogP) is 3.09. The van der Waals surface area contributed by atoms with E-state index in [9.17, 15) is 19.8 Å². The van der Waals surface area contributed by atoms with Crippen LogP contribution in [0.15, 0.2) is 30.3 Å². The maximum Gasteiger partial charge on any atom is 0.320 e. The van der Waals surface area contributed by atoms with E-state index in [1.807, 2.05) is 30.3 Å². The van der Waals surface area contributed by atoms with Crippen LogP contribution in [0, 0.1) is 5.92 Å². The molecule has 5 heteroatoms. The van der Waals surface area contributed by atoms with Gasteiger partial charge in [0.1, 0.15) is 12.1 Å². The molecule has 0 heterocycles. The highest BCUT2D eigenvalue weighted by molar-refractivity contribution is 5.77. The molecule has 1 saturated carbocycles. The quantitative estimate of drug-likeness (QED) is 0.646. The Kier molecular flexibility index (Phi) is 7.25. The van der Waals surface area contributed by atoms with Gasteiger partial charge in [0.15, 0.2) is 0 Å². The number of nitrogens with one attached hydrogen (secondary N) is 1. The first-order valence-corrected chi connectivity index (χ1v) is 8.82. The molecule has 5 nitrogen and oxygen atoms in total. The standard InChI is InChI=1S/C19H27NO4/c21-18(22)16(12-11-14-7-3-1-4-8-14)20-17(19(23)24)13-15-9-5-2-6-10-15/h1,3-4,7-8,15-17,20H,2,5-6,9-13H2,(H,21,22)(H,23,24). The first-order valence-electron chi connectivity index (χ1n) is 8.82. The van der Waals surface area contributed by atoms with E-state index in [-0.39, 0.29) is 0 Å². The molecule has 132 valence electrons. The Morgan fingerprint density at radius 1 is 1.00 bits per heavy atom. The third-order valence-corrected chi connectivity index (χ3v) is 4.86. The molecule has 3 N–H and O–H groups in total. The Morgan fingerprint density at radius 3 is 2.21 bits per heavy atom. The van der Waals surface area contributed by atoms with Crippen LogP contribution in [-0.2, 0) is 16.0 Å². The summed E-state index contributed by atoms with van der Waals surface area (Å²) in [6.45, 7) is 0. The van der Waals surface area contributed by atoms with Crippen molar-refractivity contribution in [2.24, 2.45) is 5.92 Å². The highest BCUT2D eigenvalue weighted by atomic mass is 16.4. The number of aryl methyl sites for hydroxylation is 1. The lowest BCUT2D eigenvalue weighted by Gasteiger charge is -2.27. The van der Waals surface area contributed by atoms with Crippen LogP contribution in [0.5, 0.6) is 0 Å². The van der Waals surface area contributed by atoms with Crippen molar-refractivity contribution < 1.29 is 19.8 Å². The van der Waals surface area contributed by atoms with Crippen molar-refractivity contribution in [2.75, 3.05) is 0 Å². The summed E-state index contributed by atoms with van der Waals surface area (Å²) in [5, 5.41) is 21.8. The number of rotatable bonds is 9. The van der Waals surface area contributed by atoms with Crippen LogP contribution in [0.25, 0.3) is 0 Å². The lowest BCUT2D eigenvalue weighted by molar-refractivity contribution is -0.143. The molecule has 1 aromatic carbocycles. The Hall–Kier alpha value is -1.88. The van der Waals surface area contributed by atoms with E-state index < -0.39 is 24.0 Å². The lowest BCUT2D eigenvalue weighted by atomic mass is 9.84. The minimum absolute atomic E-state index is 0.383. The zero-order valence-electron chi connectivity index (χ0n) is 14.0. The molecular formula is C19H27NO4. The highest BCUT2D eigenvalue weighted by Gasteiger charge is 2.28. The summed E-state index contributed by atoms with van der Waals surface area (Å²) in [5.74, 6) is -1.55. The maximum absolute atomic E-state index is 11.6. The van der Waals surface area contributed by atoms with Gasteiger partial charge in [0, 0.05) is 0 Å². The zero-order chi connectivity index (χ0) is 17.4. The monoisotopic (exact) mass is 333 g/mol. The van der Waals surface area contributed by atoms with Crippen molar-refractivity contribution in [1.82, 2.24) is 5.32 Å². The maximum atomic E-state index is 11.6. The van der Waals surface area contributed by atoms with E-state index in [4.69, 9.17) is 0 Å². The van der Waals surface area contributed by atoms with Gasteiger partial charge in [-0.25, -0.2) is 0 Å². The van der Waals surface area contributed by atoms with Crippen LogP contribution in [0.3, 0.4) is 0 Å². The summed E-state index contributed by atoms with van der Waals surface area (Å²) in [6, 6.07) is 8.04. The van der Waals surface area contributed by atoms with Gasteiger partial charge in [-0.3, -0.25) is 14.9 Å². The van der Waals surface area contributed by atoms with Crippen LogP contribution in [0.2, 0.25) is 0 Å². The normalized spacial score (nSPS) is 18.0. The molecule has 2 unspecified atom stereocenters. The molecule has 1 aromatic rings. The van der Waals surface area contributed by atoms with Crippen LogP contribution in [-0.4, -0.2) is 34.2 Å². The molecule has 0 aliphatic heterocycles. The SMILES string of the molecule is O=C(O)C(CCc1ccccc1)NC(CC1CCCCC1)C(=O)O. The van der Waals surface area contributed by atoms with Crippen molar-refractivity contribution >= 4 is 11.9 Å². The minimum Gasteiger partial charge on any atom is -0.480 e. The molecule has 0 aromatic heterocycles. The second kappa shape index (κ2) is 9.42. The zero-order valence-corrected chi connectivity index (χ0v) is 14.0. The third kappa shape index (κ3) is 5.96. The topological polar surface area (TPSA) is 86.6 Å². The van der Waals surface area contributed by atoms with Crippen LogP contribution < -0.4 is 5.32 Å². The van der Waals surface area contributed by atoms with Gasteiger partial charge in [0.2, 0.25) is 0 Å². The molecule has 24 heavy (non-hydrogen) atoms. The fraction of sp³-hybridized carbons (Fsp3) is 0.579. The molecule has 0 amide bonds.